The quantitative estimate of drug-likeness (QED) is 0.290. The van der Waals surface area contributed by atoms with Gasteiger partial charge in [-0.1, -0.05) is 46.3 Å². The molecule has 6 nitrogen and oxygen atoms in total. The van der Waals surface area contributed by atoms with Crippen molar-refractivity contribution in [2.45, 2.75) is 124 Å². The summed E-state index contributed by atoms with van der Waals surface area (Å²) in [5.74, 6) is 0.601. The van der Waals surface area contributed by atoms with Crippen molar-refractivity contribution in [3.8, 4) is 0 Å². The maximum absolute atomic E-state index is 13.2. The normalized spacial score (nSPS) is 42.1. The van der Waals surface area contributed by atoms with Gasteiger partial charge in [0, 0.05) is 26.6 Å². The van der Waals surface area contributed by atoms with Crippen molar-refractivity contribution in [1.29, 1.82) is 0 Å². The fourth-order valence-electron chi connectivity index (χ4n) is 10.0. The van der Waals surface area contributed by atoms with E-state index < -0.39 is 18.0 Å². The Bertz CT molecular complexity index is 931. The maximum Gasteiger partial charge on any atom is 0.164 e. The molecule has 218 valence electrons. The number of carbonyl (C=O) groups is 1. The second kappa shape index (κ2) is 9.94. The molecule has 0 heterocycles. The smallest absolute Gasteiger partial charge is 0.164 e. The van der Waals surface area contributed by atoms with Crippen LogP contribution in [-0.2, 0) is 14.3 Å². The van der Waals surface area contributed by atoms with Crippen molar-refractivity contribution in [3.63, 3.8) is 0 Å². The zero-order chi connectivity index (χ0) is 28.5. The van der Waals surface area contributed by atoms with Crippen LogP contribution in [0.2, 0.25) is 0 Å². The molecule has 0 aromatic carbocycles. The van der Waals surface area contributed by atoms with Gasteiger partial charge in [-0.2, -0.15) is 0 Å². The highest BCUT2D eigenvalue weighted by Gasteiger charge is 2.66. The lowest BCUT2D eigenvalue weighted by Crippen LogP contribution is -2.58. The van der Waals surface area contributed by atoms with E-state index in [2.05, 4.69) is 40.7 Å². The number of fused-ring (bicyclic) bond motifs is 5. The van der Waals surface area contributed by atoms with E-state index in [9.17, 15) is 20.1 Å². The summed E-state index contributed by atoms with van der Waals surface area (Å²) in [7, 11) is 3.24. The molecule has 6 heteroatoms. The number of aliphatic hydroxyl groups excluding tert-OH is 2. The summed E-state index contributed by atoms with van der Waals surface area (Å²) in [4.78, 5) is 13.2. The van der Waals surface area contributed by atoms with Crippen LogP contribution < -0.4 is 0 Å². The summed E-state index contributed by atoms with van der Waals surface area (Å²) in [5.41, 5.74) is 0.171. The van der Waals surface area contributed by atoms with Crippen LogP contribution in [-0.4, -0.2) is 59.4 Å². The second-order valence-corrected chi connectivity index (χ2v) is 15.0. The molecule has 4 rings (SSSR count). The Hall–Kier alpha value is -0.790. The van der Waals surface area contributed by atoms with Crippen LogP contribution in [0.5, 0.6) is 0 Å². The predicted octanol–water partition coefficient (Wildman–Crippen LogP) is 5.28. The van der Waals surface area contributed by atoms with E-state index in [1.165, 1.54) is 13.8 Å². The van der Waals surface area contributed by atoms with Gasteiger partial charge in [0.25, 0.3) is 0 Å². The SMILES string of the molecule is COC(OC)C(CC(=O)C(O)C(C)(C)O)C1CCC2(C)C3=CCC4C(C)(C)C(O)CCC4(C)C3CCC12C. The fraction of sp³-hybridized carbons (Fsp3) is 0.906. The minimum absolute atomic E-state index is 0.0109. The number of ketones is 1. The van der Waals surface area contributed by atoms with E-state index in [4.69, 9.17) is 9.47 Å². The minimum Gasteiger partial charge on any atom is -0.393 e. The zero-order valence-corrected chi connectivity index (χ0v) is 25.3. The summed E-state index contributed by atoms with van der Waals surface area (Å²) < 4.78 is 11.5. The molecule has 0 aliphatic heterocycles. The Labute approximate surface area is 230 Å². The summed E-state index contributed by atoms with van der Waals surface area (Å²) in [6, 6.07) is 0. The van der Waals surface area contributed by atoms with E-state index in [0.717, 1.165) is 44.9 Å². The molecule has 4 aliphatic rings. The Morgan fingerprint density at radius 3 is 2.26 bits per heavy atom. The number of rotatable bonds is 8. The van der Waals surface area contributed by atoms with Gasteiger partial charge in [-0.05, 0) is 98.2 Å². The highest BCUT2D eigenvalue weighted by molar-refractivity contribution is 5.84. The lowest BCUT2D eigenvalue weighted by Gasteiger charge is -2.64. The van der Waals surface area contributed by atoms with E-state index in [-0.39, 0.29) is 51.8 Å². The first kappa shape index (κ1) is 30.2. The van der Waals surface area contributed by atoms with Crippen LogP contribution in [0.15, 0.2) is 11.6 Å². The van der Waals surface area contributed by atoms with Crippen LogP contribution in [0.3, 0.4) is 0 Å². The second-order valence-electron chi connectivity index (χ2n) is 15.0. The number of ether oxygens (including phenoxy) is 2. The molecule has 3 fully saturated rings. The standard InChI is InChI=1S/C32H54O6/c1-28(2)24-11-10-22-21(30(24,5)15-14-25(28)34)13-17-31(6)20(12-16-32(22,31)7)19(27(37-8)38-9)18-23(33)26(35)29(3,4)36/h10,19-21,24-27,34-36H,11-18H2,1-9H3. The topological polar surface area (TPSA) is 96.2 Å². The third-order valence-corrected chi connectivity index (χ3v) is 12.6. The Kier molecular flexibility index (Phi) is 7.89. The molecule has 0 spiro atoms. The molecule has 3 N–H and O–H groups in total. The molecule has 3 saturated carbocycles. The number of carbonyl (C=O) groups excluding carboxylic acids is 1. The average molecular weight is 535 g/mol. The van der Waals surface area contributed by atoms with Crippen molar-refractivity contribution in [2.75, 3.05) is 14.2 Å². The van der Waals surface area contributed by atoms with Crippen molar-refractivity contribution in [1.82, 2.24) is 0 Å². The van der Waals surface area contributed by atoms with Gasteiger partial charge in [-0.3, -0.25) is 4.79 Å². The van der Waals surface area contributed by atoms with Crippen LogP contribution in [0.25, 0.3) is 0 Å². The van der Waals surface area contributed by atoms with Gasteiger partial charge in [-0.15, -0.1) is 0 Å². The summed E-state index contributed by atoms with van der Waals surface area (Å²) in [6.45, 7) is 14.8. The van der Waals surface area contributed by atoms with Gasteiger partial charge in [0.15, 0.2) is 12.1 Å². The summed E-state index contributed by atoms with van der Waals surface area (Å²) >= 11 is 0. The minimum atomic E-state index is -1.50. The molecule has 0 bridgehead atoms. The molecule has 38 heavy (non-hydrogen) atoms. The molecule has 4 aliphatic carbocycles. The van der Waals surface area contributed by atoms with Crippen molar-refractivity contribution in [2.24, 2.45) is 45.3 Å². The van der Waals surface area contributed by atoms with Gasteiger partial charge >= 0.3 is 0 Å². The third-order valence-electron chi connectivity index (χ3n) is 12.6. The Morgan fingerprint density at radius 2 is 1.68 bits per heavy atom. The predicted molar refractivity (Wildman–Crippen MR) is 148 cm³/mol. The molecule has 9 atom stereocenters. The van der Waals surface area contributed by atoms with Crippen LogP contribution >= 0.6 is 0 Å². The molecular formula is C32H54O6. The monoisotopic (exact) mass is 534 g/mol. The molecule has 0 amide bonds. The van der Waals surface area contributed by atoms with E-state index in [0.29, 0.717) is 11.8 Å². The van der Waals surface area contributed by atoms with Gasteiger partial charge in [0.2, 0.25) is 0 Å². The first-order chi connectivity index (χ1) is 17.5. The van der Waals surface area contributed by atoms with Crippen molar-refractivity contribution < 1.29 is 29.6 Å². The van der Waals surface area contributed by atoms with Crippen LogP contribution in [0.4, 0.5) is 0 Å². The van der Waals surface area contributed by atoms with Gasteiger partial charge in [0.05, 0.1) is 11.7 Å². The van der Waals surface area contributed by atoms with Crippen molar-refractivity contribution >= 4 is 5.78 Å². The van der Waals surface area contributed by atoms with Gasteiger partial charge in [0.1, 0.15) is 6.10 Å². The fourth-order valence-corrected chi connectivity index (χ4v) is 10.0. The van der Waals surface area contributed by atoms with Crippen LogP contribution in [0.1, 0.15) is 99.8 Å². The first-order valence-electron chi connectivity index (χ1n) is 14.9. The lowest BCUT2D eigenvalue weighted by molar-refractivity contribution is -0.176. The molecule has 0 radical (unpaired) electrons. The number of methoxy groups -OCH3 is 2. The molecular weight excluding hydrogens is 480 g/mol. The van der Waals surface area contributed by atoms with E-state index in [1.54, 1.807) is 19.8 Å². The first-order valence-corrected chi connectivity index (χ1v) is 14.9. The highest BCUT2D eigenvalue weighted by atomic mass is 16.7. The van der Waals surface area contributed by atoms with E-state index in [1.807, 2.05) is 0 Å². The third kappa shape index (κ3) is 4.36. The number of aliphatic hydroxyl groups is 3. The molecule has 0 saturated heterocycles. The Balaban J connectivity index is 1.69. The molecule has 0 aromatic heterocycles. The van der Waals surface area contributed by atoms with E-state index >= 15 is 0 Å². The lowest BCUT2D eigenvalue weighted by atomic mass is 9.41. The largest absolute Gasteiger partial charge is 0.393 e. The molecule has 0 aromatic rings. The van der Waals surface area contributed by atoms with Crippen molar-refractivity contribution in [3.05, 3.63) is 11.6 Å². The van der Waals surface area contributed by atoms with Gasteiger partial charge in [-0.25, -0.2) is 0 Å². The highest BCUT2D eigenvalue weighted by Crippen LogP contribution is 2.73. The number of Topliss-reactive ketones (excluding diaryl/α,β-unsaturated/α-hetero) is 1. The number of hydrogen-bond donors (Lipinski definition) is 3. The summed E-state index contributed by atoms with van der Waals surface area (Å²) in [6.07, 6.45) is 7.58. The number of hydrogen-bond acceptors (Lipinski definition) is 6. The van der Waals surface area contributed by atoms with Gasteiger partial charge < -0.3 is 24.8 Å². The molecule has 9 unspecified atom stereocenters. The Morgan fingerprint density at radius 1 is 1.05 bits per heavy atom. The zero-order valence-electron chi connectivity index (χ0n) is 25.3. The average Bonchev–Trinajstić information content (AvgIpc) is 3.12. The maximum atomic E-state index is 13.2. The number of allylic oxidation sites excluding steroid dienone is 2. The van der Waals surface area contributed by atoms with Crippen LogP contribution in [0, 0.1) is 45.3 Å². The summed E-state index contributed by atoms with van der Waals surface area (Å²) in [5, 5.41) is 31.8.